The van der Waals surface area contributed by atoms with Crippen molar-refractivity contribution in [2.24, 2.45) is 23.7 Å². The van der Waals surface area contributed by atoms with Crippen molar-refractivity contribution in [3.8, 4) is 0 Å². The molecule has 3 nitrogen and oxygen atoms in total. The highest BCUT2D eigenvalue weighted by Crippen LogP contribution is 2.65. The molecule has 3 aliphatic carbocycles. The Morgan fingerprint density at radius 2 is 1.93 bits per heavy atom. The van der Waals surface area contributed by atoms with E-state index < -0.39 is 0 Å². The second kappa shape index (κ2) is 3.13. The smallest absolute Gasteiger partial charge is 0.317 e. The Kier molecular flexibility index (Phi) is 1.98. The van der Waals surface area contributed by atoms with E-state index in [0.717, 1.165) is 30.2 Å². The Morgan fingerprint density at radius 3 is 2.47 bits per heavy atom. The Labute approximate surface area is 91.2 Å². The minimum absolute atomic E-state index is 0.122. The second-order valence-electron chi connectivity index (χ2n) is 5.48. The normalized spacial score (nSPS) is 45.1. The third-order valence-corrected chi connectivity index (χ3v) is 4.85. The van der Waals surface area contributed by atoms with Gasteiger partial charge in [0.05, 0.1) is 0 Å². The molecule has 15 heavy (non-hydrogen) atoms. The van der Waals surface area contributed by atoms with E-state index >= 15 is 0 Å². The minimum atomic E-state index is 0.122. The number of fused-ring (bicyclic) bond motifs is 5. The van der Waals surface area contributed by atoms with Crippen LogP contribution in [0.5, 0.6) is 0 Å². The molecule has 3 saturated carbocycles. The Hall–Kier alpha value is -0.730. The zero-order chi connectivity index (χ0) is 10.6. The summed E-state index contributed by atoms with van der Waals surface area (Å²) in [5.41, 5.74) is 0. The van der Waals surface area contributed by atoms with Gasteiger partial charge in [-0.3, -0.25) is 0 Å². The van der Waals surface area contributed by atoms with Crippen molar-refractivity contribution in [2.75, 3.05) is 13.6 Å². The fourth-order valence-electron chi connectivity index (χ4n) is 3.91. The molecule has 0 heterocycles. The summed E-state index contributed by atoms with van der Waals surface area (Å²) in [5.74, 6) is 3.57. The highest BCUT2D eigenvalue weighted by atomic mass is 16.2. The van der Waals surface area contributed by atoms with Crippen molar-refractivity contribution < 1.29 is 4.79 Å². The molecular weight excluding hydrogens is 188 g/mol. The second-order valence-corrected chi connectivity index (χ2v) is 5.48. The van der Waals surface area contributed by atoms with Crippen LogP contribution in [0.15, 0.2) is 0 Å². The zero-order valence-corrected chi connectivity index (χ0v) is 9.57. The predicted octanol–water partition coefficient (Wildman–Crippen LogP) is 1.69. The number of rotatable bonds is 2. The molecule has 3 heteroatoms. The van der Waals surface area contributed by atoms with Gasteiger partial charge < -0.3 is 10.2 Å². The Bertz CT molecular complexity index is 275. The number of carbonyl (C=O) groups excluding carboxylic acids is 1. The molecular formula is C12H20N2O. The monoisotopic (exact) mass is 208 g/mol. The van der Waals surface area contributed by atoms with Crippen molar-refractivity contribution in [1.29, 1.82) is 0 Å². The molecule has 84 valence electrons. The molecule has 0 aromatic rings. The fourth-order valence-corrected chi connectivity index (χ4v) is 3.91. The molecule has 0 saturated heterocycles. The third kappa shape index (κ3) is 1.28. The van der Waals surface area contributed by atoms with E-state index in [1.165, 1.54) is 19.3 Å². The fraction of sp³-hybridized carbons (Fsp3) is 0.917. The number of amides is 2. The summed E-state index contributed by atoms with van der Waals surface area (Å²) in [7, 11) is 1.86. The molecule has 0 radical (unpaired) electrons. The largest absolute Gasteiger partial charge is 0.335 e. The molecule has 2 bridgehead atoms. The van der Waals surface area contributed by atoms with Gasteiger partial charge in [0.15, 0.2) is 0 Å². The van der Waals surface area contributed by atoms with Crippen LogP contribution in [0.25, 0.3) is 0 Å². The van der Waals surface area contributed by atoms with Gasteiger partial charge in [-0.15, -0.1) is 0 Å². The molecule has 3 fully saturated rings. The quantitative estimate of drug-likeness (QED) is 0.736. The minimum Gasteiger partial charge on any atom is -0.335 e. The van der Waals surface area contributed by atoms with Crippen LogP contribution in [-0.2, 0) is 0 Å². The lowest BCUT2D eigenvalue weighted by Crippen LogP contribution is -2.40. The first-order chi connectivity index (χ1) is 7.22. The van der Waals surface area contributed by atoms with E-state index in [2.05, 4.69) is 5.32 Å². The topological polar surface area (TPSA) is 32.3 Å². The molecule has 0 aliphatic heterocycles. The predicted molar refractivity (Wildman–Crippen MR) is 58.4 cm³/mol. The van der Waals surface area contributed by atoms with Gasteiger partial charge in [0.1, 0.15) is 0 Å². The van der Waals surface area contributed by atoms with E-state index in [4.69, 9.17) is 0 Å². The van der Waals surface area contributed by atoms with Gasteiger partial charge >= 0.3 is 6.03 Å². The van der Waals surface area contributed by atoms with Crippen LogP contribution >= 0.6 is 0 Å². The maximum atomic E-state index is 11.7. The molecule has 1 N–H and O–H groups in total. The van der Waals surface area contributed by atoms with Crippen LogP contribution in [0.1, 0.15) is 26.2 Å². The lowest BCUT2D eigenvalue weighted by atomic mass is 10.0. The van der Waals surface area contributed by atoms with E-state index in [9.17, 15) is 4.79 Å². The van der Waals surface area contributed by atoms with Gasteiger partial charge in [0.2, 0.25) is 0 Å². The number of hydrogen-bond acceptors (Lipinski definition) is 1. The lowest BCUT2D eigenvalue weighted by Gasteiger charge is -2.17. The first-order valence-corrected chi connectivity index (χ1v) is 6.24. The van der Waals surface area contributed by atoms with Crippen molar-refractivity contribution in [3.05, 3.63) is 0 Å². The lowest BCUT2D eigenvalue weighted by molar-refractivity contribution is 0.208. The van der Waals surface area contributed by atoms with E-state index in [1.54, 1.807) is 4.90 Å². The van der Waals surface area contributed by atoms with Crippen LogP contribution in [0.2, 0.25) is 0 Å². The van der Waals surface area contributed by atoms with E-state index in [1.807, 2.05) is 14.0 Å². The third-order valence-electron chi connectivity index (χ3n) is 4.85. The molecule has 4 atom stereocenters. The number of hydrogen-bond donors (Lipinski definition) is 1. The number of nitrogens with zero attached hydrogens (tertiary/aromatic N) is 1. The summed E-state index contributed by atoms with van der Waals surface area (Å²) < 4.78 is 0. The van der Waals surface area contributed by atoms with Crippen molar-refractivity contribution in [2.45, 2.75) is 32.2 Å². The van der Waals surface area contributed by atoms with E-state index in [-0.39, 0.29) is 6.03 Å². The molecule has 3 aliphatic rings. The van der Waals surface area contributed by atoms with Gasteiger partial charge in [-0.2, -0.15) is 0 Å². The van der Waals surface area contributed by atoms with Gasteiger partial charge in [-0.1, -0.05) is 0 Å². The standard InChI is InChI=1S/C12H20N2O/c1-3-14(2)12(15)13-11-9-7-4-5-8(6-7)10(9)11/h7-11H,3-6H2,1-2H3,(H,13,15). The maximum absolute atomic E-state index is 11.7. The molecule has 0 spiro atoms. The van der Waals surface area contributed by atoms with Gasteiger partial charge in [0.25, 0.3) is 0 Å². The highest BCUT2D eigenvalue weighted by Gasteiger charge is 2.65. The van der Waals surface area contributed by atoms with Crippen LogP contribution in [0, 0.1) is 23.7 Å². The van der Waals surface area contributed by atoms with Crippen LogP contribution in [0.4, 0.5) is 4.79 Å². The van der Waals surface area contributed by atoms with Crippen LogP contribution in [-0.4, -0.2) is 30.6 Å². The first-order valence-electron chi connectivity index (χ1n) is 6.24. The number of nitrogens with one attached hydrogen (secondary N) is 1. The highest BCUT2D eigenvalue weighted by molar-refractivity contribution is 5.74. The average Bonchev–Trinajstić information content (AvgIpc) is 2.66. The summed E-state index contributed by atoms with van der Waals surface area (Å²) in [6.07, 6.45) is 4.29. The van der Waals surface area contributed by atoms with Gasteiger partial charge in [-0.25, -0.2) is 4.79 Å². The van der Waals surface area contributed by atoms with Crippen molar-refractivity contribution >= 4 is 6.03 Å². The summed E-state index contributed by atoms with van der Waals surface area (Å²) in [6, 6.07) is 0.647. The average molecular weight is 208 g/mol. The molecule has 4 unspecified atom stereocenters. The summed E-state index contributed by atoms with van der Waals surface area (Å²) >= 11 is 0. The maximum Gasteiger partial charge on any atom is 0.317 e. The van der Waals surface area contributed by atoms with Crippen molar-refractivity contribution in [3.63, 3.8) is 0 Å². The molecule has 0 aromatic heterocycles. The Balaban J connectivity index is 1.57. The van der Waals surface area contributed by atoms with Gasteiger partial charge in [0, 0.05) is 19.6 Å². The first kappa shape index (κ1) is 9.49. The zero-order valence-electron chi connectivity index (χ0n) is 9.57. The van der Waals surface area contributed by atoms with Crippen molar-refractivity contribution in [1.82, 2.24) is 10.2 Å². The molecule has 0 aromatic carbocycles. The van der Waals surface area contributed by atoms with E-state index in [0.29, 0.717) is 6.04 Å². The van der Waals surface area contributed by atoms with Gasteiger partial charge in [-0.05, 0) is 49.9 Å². The SMILES string of the molecule is CCN(C)C(=O)NC1C2C3CCC(C3)C12. The van der Waals surface area contributed by atoms with Crippen LogP contribution in [0.3, 0.4) is 0 Å². The molecule has 2 amide bonds. The molecule has 3 rings (SSSR count). The summed E-state index contributed by atoms with van der Waals surface area (Å²) in [4.78, 5) is 13.5. The Morgan fingerprint density at radius 1 is 1.33 bits per heavy atom. The van der Waals surface area contributed by atoms with Crippen LogP contribution < -0.4 is 5.32 Å². The summed E-state index contributed by atoms with van der Waals surface area (Å²) in [5, 5.41) is 3.19. The number of urea groups is 1. The summed E-state index contributed by atoms with van der Waals surface area (Å²) in [6.45, 7) is 2.80. The number of carbonyl (C=O) groups is 1.